The van der Waals surface area contributed by atoms with Crippen LogP contribution in [-0.4, -0.2) is 21.8 Å². The summed E-state index contributed by atoms with van der Waals surface area (Å²) >= 11 is 3.29. The van der Waals surface area contributed by atoms with Crippen molar-refractivity contribution in [1.82, 2.24) is 0 Å². The Bertz CT molecular complexity index is 949. The molecule has 128 valence electrons. The lowest BCUT2D eigenvalue weighted by molar-refractivity contribution is -0.110. The van der Waals surface area contributed by atoms with Crippen LogP contribution in [-0.2, 0) is 10.2 Å². The Morgan fingerprint density at radius 2 is 1.52 bits per heavy atom. The zero-order valence-corrected chi connectivity index (χ0v) is 15.6. The van der Waals surface area contributed by atoms with Crippen LogP contribution in [0.1, 0.15) is 47.8 Å². The molecular weight excluding hydrogens is 384 g/mol. The molecule has 0 saturated carbocycles. The van der Waals surface area contributed by atoms with Crippen molar-refractivity contribution in [3.8, 4) is 5.75 Å². The van der Waals surface area contributed by atoms with E-state index < -0.39 is 17.0 Å². The molecule has 0 aromatic heterocycles. The van der Waals surface area contributed by atoms with Crippen molar-refractivity contribution >= 4 is 38.8 Å². The van der Waals surface area contributed by atoms with E-state index in [9.17, 15) is 19.8 Å². The van der Waals surface area contributed by atoms with Gasteiger partial charge in [0, 0.05) is 16.7 Å². The zero-order valence-electron chi connectivity index (χ0n) is 14.1. The van der Waals surface area contributed by atoms with Crippen LogP contribution < -0.4 is 0 Å². The molecule has 0 radical (unpaired) electrons. The summed E-state index contributed by atoms with van der Waals surface area (Å²) < 4.78 is 0.398. The number of carbonyl (C=O) groups excluding carboxylic acids is 2. The first-order valence-corrected chi connectivity index (χ1v) is 8.57. The van der Waals surface area contributed by atoms with Gasteiger partial charge in [-0.25, -0.2) is 0 Å². The topological polar surface area (TPSA) is 74.6 Å². The van der Waals surface area contributed by atoms with Gasteiger partial charge in [0.1, 0.15) is 11.5 Å². The number of hydrogen-bond donors (Lipinski definition) is 2. The van der Waals surface area contributed by atoms with Crippen LogP contribution in [0.15, 0.2) is 40.9 Å². The highest BCUT2D eigenvalue weighted by Crippen LogP contribution is 2.41. The number of carbonyl (C=O) groups is 2. The monoisotopic (exact) mass is 400 g/mol. The van der Waals surface area contributed by atoms with Crippen molar-refractivity contribution in [2.75, 3.05) is 0 Å². The van der Waals surface area contributed by atoms with Crippen LogP contribution in [0.2, 0.25) is 0 Å². The molecule has 0 unspecified atom stereocenters. The van der Waals surface area contributed by atoms with Gasteiger partial charge in [0.15, 0.2) is 0 Å². The van der Waals surface area contributed by atoms with Gasteiger partial charge in [-0.15, -0.1) is 0 Å². The Balaban J connectivity index is 2.31. The fourth-order valence-corrected chi connectivity index (χ4v) is 3.41. The van der Waals surface area contributed by atoms with Crippen molar-refractivity contribution < 1.29 is 19.8 Å². The zero-order chi connectivity index (χ0) is 18.5. The third-order valence-electron chi connectivity index (χ3n) is 4.26. The summed E-state index contributed by atoms with van der Waals surface area (Å²) in [7, 11) is 0. The maximum absolute atomic E-state index is 12.6. The number of aromatic hydroxyl groups is 1. The molecule has 0 amide bonds. The molecule has 1 aliphatic rings. The molecule has 4 nitrogen and oxygen atoms in total. The second-order valence-corrected chi connectivity index (χ2v) is 7.89. The maximum Gasteiger partial charge on any atom is 0.237 e. The molecule has 0 fully saturated rings. The molecule has 2 aromatic carbocycles. The number of phenols is 1. The summed E-state index contributed by atoms with van der Waals surface area (Å²) in [4.78, 5) is 25.0. The van der Waals surface area contributed by atoms with Gasteiger partial charge in [-0.05, 0) is 39.0 Å². The summed E-state index contributed by atoms with van der Waals surface area (Å²) in [6, 6.07) is 9.66. The van der Waals surface area contributed by atoms with Crippen LogP contribution in [0.5, 0.6) is 5.75 Å². The van der Waals surface area contributed by atoms with E-state index in [1.807, 2.05) is 20.8 Å². The molecular formula is C20H17BrO4. The Morgan fingerprint density at radius 3 is 2.12 bits per heavy atom. The largest absolute Gasteiger partial charge is 0.506 e. The molecule has 0 heterocycles. The van der Waals surface area contributed by atoms with Crippen LogP contribution in [0, 0.1) is 0 Å². The first kappa shape index (κ1) is 17.4. The fourth-order valence-electron chi connectivity index (χ4n) is 2.95. The number of phenolic OH excluding ortho intramolecular Hbond substituents is 1. The highest BCUT2D eigenvalue weighted by atomic mass is 79.9. The molecule has 25 heavy (non-hydrogen) atoms. The van der Waals surface area contributed by atoms with E-state index in [1.54, 1.807) is 24.3 Å². The van der Waals surface area contributed by atoms with Gasteiger partial charge in [0.05, 0.1) is 10.0 Å². The molecule has 3 rings (SSSR count). The van der Waals surface area contributed by atoms with E-state index in [1.165, 1.54) is 12.1 Å². The lowest BCUT2D eigenvalue weighted by Crippen LogP contribution is -2.23. The minimum atomic E-state index is -0.756. The molecule has 2 aromatic rings. The number of aliphatic hydroxyl groups excluding tert-OH is 1. The summed E-state index contributed by atoms with van der Waals surface area (Å²) in [5.41, 5.74) is 1.09. The van der Waals surface area contributed by atoms with Crippen molar-refractivity contribution in [3.63, 3.8) is 0 Å². The molecule has 0 spiro atoms. The molecule has 0 saturated heterocycles. The predicted molar refractivity (Wildman–Crippen MR) is 99.7 cm³/mol. The second kappa shape index (κ2) is 5.85. The van der Waals surface area contributed by atoms with E-state index in [4.69, 9.17) is 0 Å². The fraction of sp³-hybridized carbons (Fsp3) is 0.200. The summed E-state index contributed by atoms with van der Waals surface area (Å²) in [5, 5.41) is 21.0. The highest BCUT2D eigenvalue weighted by molar-refractivity contribution is 9.10. The quantitative estimate of drug-likeness (QED) is 0.683. The first-order chi connectivity index (χ1) is 11.6. The van der Waals surface area contributed by atoms with Gasteiger partial charge in [-0.2, -0.15) is 0 Å². The lowest BCUT2D eigenvalue weighted by Gasteiger charge is -2.24. The standard InChI is InChI=1S/C20H17BrO4/c1-20(2,3)13-8-10(9-14(21)18(13)24)15-16(22)11-6-4-5-7-12(11)17(23)19(15)25/h4-9,22,24H,1-3H3. The maximum atomic E-state index is 12.6. The van der Waals surface area contributed by atoms with Crippen LogP contribution in [0.25, 0.3) is 11.3 Å². The number of ketones is 2. The van der Waals surface area contributed by atoms with Gasteiger partial charge in [-0.1, -0.05) is 45.0 Å². The molecule has 1 aliphatic carbocycles. The van der Waals surface area contributed by atoms with Crippen LogP contribution in [0.4, 0.5) is 0 Å². The SMILES string of the molecule is CC(C)(C)c1cc(C2=C(O)c3ccccc3C(=O)C2=O)cc(Br)c1O. The normalized spacial score (nSPS) is 14.7. The Labute approximate surface area is 153 Å². The van der Waals surface area contributed by atoms with Gasteiger partial charge >= 0.3 is 0 Å². The van der Waals surface area contributed by atoms with Crippen molar-refractivity contribution in [2.24, 2.45) is 0 Å². The third kappa shape index (κ3) is 2.78. The van der Waals surface area contributed by atoms with Crippen molar-refractivity contribution in [1.29, 1.82) is 0 Å². The summed E-state index contributed by atoms with van der Waals surface area (Å²) in [6.45, 7) is 5.78. The number of benzene rings is 2. The predicted octanol–water partition coefficient (Wildman–Crippen LogP) is 4.64. The number of aliphatic hydroxyl groups is 1. The van der Waals surface area contributed by atoms with Gasteiger partial charge in [0.2, 0.25) is 11.6 Å². The van der Waals surface area contributed by atoms with E-state index in [0.29, 0.717) is 21.2 Å². The van der Waals surface area contributed by atoms with Crippen molar-refractivity contribution in [2.45, 2.75) is 26.2 Å². The highest BCUT2D eigenvalue weighted by Gasteiger charge is 2.34. The summed E-state index contributed by atoms with van der Waals surface area (Å²) in [5.74, 6) is -1.55. The summed E-state index contributed by atoms with van der Waals surface area (Å²) in [6.07, 6.45) is 0. The van der Waals surface area contributed by atoms with Gasteiger partial charge in [-0.3, -0.25) is 9.59 Å². The van der Waals surface area contributed by atoms with Crippen LogP contribution in [0.3, 0.4) is 0 Å². The van der Waals surface area contributed by atoms with E-state index >= 15 is 0 Å². The Hall–Kier alpha value is -2.40. The van der Waals surface area contributed by atoms with E-state index in [2.05, 4.69) is 15.9 Å². The lowest BCUT2D eigenvalue weighted by atomic mass is 9.81. The average molecular weight is 401 g/mol. The molecule has 0 bridgehead atoms. The smallest absolute Gasteiger partial charge is 0.237 e. The number of fused-ring (bicyclic) bond motifs is 1. The molecule has 0 aliphatic heterocycles. The number of rotatable bonds is 1. The minimum Gasteiger partial charge on any atom is -0.506 e. The minimum absolute atomic E-state index is 0.0464. The van der Waals surface area contributed by atoms with Crippen molar-refractivity contribution in [3.05, 3.63) is 63.1 Å². The second-order valence-electron chi connectivity index (χ2n) is 7.03. The average Bonchev–Trinajstić information content (AvgIpc) is 2.55. The number of Topliss-reactive ketones (excluding diaryl/α,β-unsaturated/α-hetero) is 2. The Morgan fingerprint density at radius 1 is 0.920 bits per heavy atom. The third-order valence-corrected chi connectivity index (χ3v) is 4.86. The van der Waals surface area contributed by atoms with E-state index in [0.717, 1.165) is 0 Å². The molecule has 0 atom stereocenters. The van der Waals surface area contributed by atoms with Gasteiger partial charge < -0.3 is 10.2 Å². The first-order valence-electron chi connectivity index (χ1n) is 7.78. The van der Waals surface area contributed by atoms with Gasteiger partial charge in [0.25, 0.3) is 0 Å². The Kier molecular flexibility index (Phi) is 4.07. The molecule has 2 N–H and O–H groups in total. The molecule has 5 heteroatoms. The van der Waals surface area contributed by atoms with Crippen LogP contribution >= 0.6 is 15.9 Å². The number of hydrogen-bond acceptors (Lipinski definition) is 4. The van der Waals surface area contributed by atoms with E-state index in [-0.39, 0.29) is 22.6 Å². The number of allylic oxidation sites excluding steroid dienone is 1. The number of halogens is 1.